The van der Waals surface area contributed by atoms with Gasteiger partial charge in [-0.1, -0.05) is 64.8 Å². The number of hydrogen-bond acceptors (Lipinski definition) is 4. The van der Waals surface area contributed by atoms with Crippen LogP contribution < -0.4 is 10.1 Å². The second-order valence-corrected chi connectivity index (χ2v) is 6.86. The van der Waals surface area contributed by atoms with Crippen LogP contribution in [0.1, 0.15) is 11.1 Å². The molecule has 0 aliphatic heterocycles. The van der Waals surface area contributed by atoms with Crippen LogP contribution in [-0.2, 0) is 16.2 Å². The number of rotatable bonds is 8. The van der Waals surface area contributed by atoms with Crippen molar-refractivity contribution in [1.29, 1.82) is 0 Å². The third-order valence-corrected chi connectivity index (χ3v) is 4.37. The van der Waals surface area contributed by atoms with Crippen LogP contribution in [0.4, 0.5) is 5.69 Å². The van der Waals surface area contributed by atoms with Gasteiger partial charge in [0.2, 0.25) is 0 Å². The van der Waals surface area contributed by atoms with Gasteiger partial charge < -0.3 is 14.9 Å². The molecule has 5 nitrogen and oxygen atoms in total. The largest absolute Gasteiger partial charge is 0.489 e. The number of halogens is 2. The number of amides is 1. The van der Waals surface area contributed by atoms with Crippen molar-refractivity contribution in [3.05, 3.63) is 94.0 Å². The maximum Gasteiger partial charge on any atom is 0.265 e. The summed E-state index contributed by atoms with van der Waals surface area (Å²) >= 11 is 11.9. The van der Waals surface area contributed by atoms with Gasteiger partial charge in [-0.3, -0.25) is 4.79 Å². The molecule has 0 heterocycles. The highest BCUT2D eigenvalue weighted by Gasteiger charge is 2.04. The quantitative estimate of drug-likeness (QED) is 0.377. The fourth-order valence-electron chi connectivity index (χ4n) is 2.37. The third-order valence-electron chi connectivity index (χ3n) is 3.81. The monoisotopic (exact) mass is 428 g/mol. The van der Waals surface area contributed by atoms with Crippen molar-refractivity contribution in [2.75, 3.05) is 11.9 Å². The van der Waals surface area contributed by atoms with E-state index in [1.54, 1.807) is 42.5 Å². The van der Waals surface area contributed by atoms with Crippen LogP contribution in [-0.4, -0.2) is 18.7 Å². The van der Waals surface area contributed by atoms with E-state index in [0.717, 1.165) is 5.56 Å². The highest BCUT2D eigenvalue weighted by Crippen LogP contribution is 2.19. The topological polar surface area (TPSA) is 59.9 Å². The van der Waals surface area contributed by atoms with E-state index in [1.165, 1.54) is 6.21 Å². The molecule has 3 rings (SSSR count). The Morgan fingerprint density at radius 3 is 2.48 bits per heavy atom. The lowest BCUT2D eigenvalue weighted by Crippen LogP contribution is -2.16. The summed E-state index contributed by atoms with van der Waals surface area (Å²) in [4.78, 5) is 17.0. The van der Waals surface area contributed by atoms with E-state index in [-0.39, 0.29) is 12.5 Å². The van der Waals surface area contributed by atoms with Gasteiger partial charge in [-0.15, -0.1) is 0 Å². The fraction of sp³-hybridized carbons (Fsp3) is 0.0909. The molecule has 0 saturated heterocycles. The summed E-state index contributed by atoms with van der Waals surface area (Å²) in [5, 5.41) is 7.45. The standard InChI is InChI=1S/C22H18Cl2N2O3/c23-18-7-6-17(21(24)12-18)13-25-29-15-22(27)26-19-8-10-20(11-9-19)28-14-16-4-2-1-3-5-16/h1-13H,14-15H2,(H,26,27)/b25-13+. The molecule has 3 aromatic rings. The van der Waals surface area contributed by atoms with Crippen molar-refractivity contribution >= 4 is 41.0 Å². The molecule has 0 atom stereocenters. The lowest BCUT2D eigenvalue weighted by atomic mass is 10.2. The predicted octanol–water partition coefficient (Wildman–Crippen LogP) is 5.56. The number of anilines is 1. The molecule has 0 aromatic heterocycles. The minimum atomic E-state index is -0.331. The number of carbonyl (C=O) groups excluding carboxylic acids is 1. The van der Waals surface area contributed by atoms with E-state index in [9.17, 15) is 4.79 Å². The Bertz CT molecular complexity index is 977. The summed E-state index contributed by atoms with van der Waals surface area (Å²) in [6.07, 6.45) is 1.42. The second-order valence-electron chi connectivity index (χ2n) is 6.02. The number of carbonyl (C=O) groups is 1. The maximum absolute atomic E-state index is 11.9. The third kappa shape index (κ3) is 6.82. The average Bonchev–Trinajstić information content (AvgIpc) is 2.73. The first-order valence-corrected chi connectivity index (χ1v) is 9.53. The molecule has 0 unspecified atom stereocenters. The molecule has 0 radical (unpaired) electrons. The van der Waals surface area contributed by atoms with E-state index in [2.05, 4.69) is 10.5 Å². The van der Waals surface area contributed by atoms with Gasteiger partial charge in [0.05, 0.1) is 11.2 Å². The predicted molar refractivity (Wildman–Crippen MR) is 116 cm³/mol. The first-order chi connectivity index (χ1) is 14.1. The van der Waals surface area contributed by atoms with E-state index < -0.39 is 0 Å². The highest BCUT2D eigenvalue weighted by atomic mass is 35.5. The number of oxime groups is 1. The van der Waals surface area contributed by atoms with Crippen molar-refractivity contribution in [1.82, 2.24) is 0 Å². The Morgan fingerprint density at radius 2 is 1.76 bits per heavy atom. The van der Waals surface area contributed by atoms with E-state index in [1.807, 2.05) is 30.3 Å². The number of nitrogens with one attached hydrogen (secondary N) is 1. The van der Waals surface area contributed by atoms with Gasteiger partial charge in [0.25, 0.3) is 5.91 Å². The van der Waals surface area contributed by atoms with Crippen LogP contribution >= 0.6 is 23.2 Å². The molecule has 1 amide bonds. The Morgan fingerprint density at radius 1 is 1.00 bits per heavy atom. The van der Waals surface area contributed by atoms with Gasteiger partial charge in [0, 0.05) is 16.3 Å². The molecular formula is C22H18Cl2N2O3. The molecule has 3 aromatic carbocycles. The van der Waals surface area contributed by atoms with Gasteiger partial charge in [-0.25, -0.2) is 0 Å². The lowest BCUT2D eigenvalue weighted by molar-refractivity contribution is -0.120. The molecule has 0 aliphatic carbocycles. The molecule has 0 saturated carbocycles. The number of ether oxygens (including phenoxy) is 1. The van der Waals surface area contributed by atoms with Gasteiger partial charge >= 0.3 is 0 Å². The SMILES string of the molecule is O=C(CO/N=C/c1ccc(Cl)cc1Cl)Nc1ccc(OCc2ccccc2)cc1. The first kappa shape index (κ1) is 20.7. The molecule has 0 spiro atoms. The number of nitrogens with zero attached hydrogens (tertiary/aromatic N) is 1. The Labute approximate surface area is 178 Å². The maximum atomic E-state index is 11.9. The molecule has 0 aliphatic rings. The minimum absolute atomic E-state index is 0.228. The van der Waals surface area contributed by atoms with E-state index >= 15 is 0 Å². The van der Waals surface area contributed by atoms with Gasteiger partial charge in [-0.2, -0.15) is 0 Å². The molecular weight excluding hydrogens is 411 g/mol. The first-order valence-electron chi connectivity index (χ1n) is 8.77. The molecule has 0 fully saturated rings. The molecule has 1 N–H and O–H groups in total. The minimum Gasteiger partial charge on any atom is -0.489 e. The van der Waals surface area contributed by atoms with Crippen LogP contribution in [0.15, 0.2) is 78.0 Å². The van der Waals surface area contributed by atoms with E-state index in [4.69, 9.17) is 32.8 Å². The van der Waals surface area contributed by atoms with Crippen LogP contribution in [0.5, 0.6) is 5.75 Å². The molecule has 0 bridgehead atoms. The summed E-state index contributed by atoms with van der Waals surface area (Å²) in [5.74, 6) is 0.384. The van der Waals surface area contributed by atoms with Crippen LogP contribution in [0.3, 0.4) is 0 Å². The summed E-state index contributed by atoms with van der Waals surface area (Å²) in [6, 6.07) is 22.0. The fourth-order valence-corrected chi connectivity index (χ4v) is 2.83. The van der Waals surface area contributed by atoms with Crippen molar-refractivity contribution in [2.24, 2.45) is 5.16 Å². The van der Waals surface area contributed by atoms with Gasteiger partial charge in [-0.05, 0) is 42.0 Å². The zero-order valence-electron chi connectivity index (χ0n) is 15.3. The van der Waals surface area contributed by atoms with Crippen LogP contribution in [0.25, 0.3) is 0 Å². The highest BCUT2D eigenvalue weighted by molar-refractivity contribution is 6.36. The Balaban J connectivity index is 1.42. The summed E-state index contributed by atoms with van der Waals surface area (Å²) in [5.41, 5.74) is 2.36. The normalized spacial score (nSPS) is 10.7. The molecule has 29 heavy (non-hydrogen) atoms. The zero-order chi connectivity index (χ0) is 20.5. The summed E-state index contributed by atoms with van der Waals surface area (Å²) in [7, 11) is 0. The smallest absolute Gasteiger partial charge is 0.265 e. The molecule has 148 valence electrons. The van der Waals surface area contributed by atoms with Gasteiger partial charge in [0.1, 0.15) is 12.4 Å². The summed E-state index contributed by atoms with van der Waals surface area (Å²) in [6.45, 7) is 0.254. The number of benzene rings is 3. The van der Waals surface area contributed by atoms with Crippen molar-refractivity contribution in [2.45, 2.75) is 6.61 Å². The van der Waals surface area contributed by atoms with E-state index in [0.29, 0.717) is 33.7 Å². The van der Waals surface area contributed by atoms with Crippen molar-refractivity contribution in [3.63, 3.8) is 0 Å². The van der Waals surface area contributed by atoms with Gasteiger partial charge in [0.15, 0.2) is 6.61 Å². The lowest BCUT2D eigenvalue weighted by Gasteiger charge is -2.08. The van der Waals surface area contributed by atoms with Crippen molar-refractivity contribution < 1.29 is 14.4 Å². The second kappa shape index (κ2) is 10.5. The number of hydrogen-bond donors (Lipinski definition) is 1. The van der Waals surface area contributed by atoms with Crippen LogP contribution in [0, 0.1) is 0 Å². The Hall–Kier alpha value is -3.02. The zero-order valence-corrected chi connectivity index (χ0v) is 16.9. The molecule has 7 heteroatoms. The average molecular weight is 429 g/mol. The Kier molecular flexibility index (Phi) is 7.50. The van der Waals surface area contributed by atoms with Crippen LogP contribution in [0.2, 0.25) is 10.0 Å². The van der Waals surface area contributed by atoms with Crippen molar-refractivity contribution in [3.8, 4) is 5.75 Å². The summed E-state index contributed by atoms with van der Waals surface area (Å²) < 4.78 is 5.71.